The zero-order valence-corrected chi connectivity index (χ0v) is 16.7. The molecule has 1 aromatic carbocycles. The van der Waals surface area contributed by atoms with Crippen molar-refractivity contribution in [2.75, 3.05) is 39.8 Å². The highest BCUT2D eigenvalue weighted by atomic mass is 32.2. The number of hydrogen-bond donors (Lipinski definition) is 0. The van der Waals surface area contributed by atoms with Gasteiger partial charge in [0.1, 0.15) is 9.77 Å². The number of piperazine rings is 1. The van der Waals surface area contributed by atoms with E-state index < -0.39 is 16.0 Å². The molecule has 0 N–H and O–H groups in total. The minimum atomic E-state index is -3.69. The van der Waals surface area contributed by atoms with Gasteiger partial charge in [-0.2, -0.15) is 4.31 Å². The normalized spacial score (nSPS) is 16.6. The number of rotatable bonds is 6. The Hall–Kier alpha value is -2.00. The molecule has 0 bridgehead atoms. The van der Waals surface area contributed by atoms with Crippen LogP contribution in [-0.4, -0.2) is 63.4 Å². The fourth-order valence-electron chi connectivity index (χ4n) is 2.94. The fourth-order valence-corrected chi connectivity index (χ4v) is 5.67. The number of ether oxygens (including phenoxy) is 1. The van der Waals surface area contributed by atoms with Crippen molar-refractivity contribution >= 4 is 33.4 Å². The van der Waals surface area contributed by atoms with E-state index in [9.17, 15) is 13.2 Å². The second-order valence-corrected chi connectivity index (χ2v) is 8.95. The maximum Gasteiger partial charge on any atom is 0.349 e. The fraction of sp³-hybridized carbons (Fsp3) is 0.316. The minimum absolute atomic E-state index is 0.0387. The highest BCUT2D eigenvalue weighted by Crippen LogP contribution is 2.26. The molecular formula is C19H22N2O4S2. The summed E-state index contributed by atoms with van der Waals surface area (Å²) < 4.78 is 31.9. The first kappa shape index (κ1) is 19.8. The summed E-state index contributed by atoms with van der Waals surface area (Å²) in [5, 5.41) is 1.60. The van der Waals surface area contributed by atoms with Crippen LogP contribution in [0.2, 0.25) is 0 Å². The summed E-state index contributed by atoms with van der Waals surface area (Å²) in [6.45, 7) is 2.87. The topological polar surface area (TPSA) is 66.9 Å². The third-order valence-electron chi connectivity index (χ3n) is 4.42. The standard InChI is InChI=1S/C19H22N2O4S2/c1-25-19(22)18-17(9-15-26-18)27(23,24)21-13-11-20(12-14-21)10-5-8-16-6-3-2-4-7-16/h2-9,15H,10-14H2,1H3/b8-5+. The van der Waals surface area contributed by atoms with Gasteiger partial charge in [0.05, 0.1) is 7.11 Å². The van der Waals surface area contributed by atoms with E-state index in [0.717, 1.165) is 23.4 Å². The molecule has 0 amide bonds. The van der Waals surface area contributed by atoms with Gasteiger partial charge in [0.25, 0.3) is 0 Å². The number of hydrogen-bond acceptors (Lipinski definition) is 6. The number of thiophene rings is 1. The van der Waals surface area contributed by atoms with E-state index in [-0.39, 0.29) is 9.77 Å². The van der Waals surface area contributed by atoms with Gasteiger partial charge in [0.2, 0.25) is 10.0 Å². The van der Waals surface area contributed by atoms with Crippen molar-refractivity contribution in [2.45, 2.75) is 4.90 Å². The quantitative estimate of drug-likeness (QED) is 0.690. The van der Waals surface area contributed by atoms with Crippen molar-refractivity contribution in [1.29, 1.82) is 0 Å². The number of methoxy groups -OCH3 is 1. The van der Waals surface area contributed by atoms with Gasteiger partial charge in [0.15, 0.2) is 0 Å². The molecule has 6 nitrogen and oxygen atoms in total. The molecule has 144 valence electrons. The predicted molar refractivity (Wildman–Crippen MR) is 106 cm³/mol. The average molecular weight is 407 g/mol. The lowest BCUT2D eigenvalue weighted by Gasteiger charge is -2.33. The van der Waals surface area contributed by atoms with E-state index in [1.807, 2.05) is 30.3 Å². The first-order valence-electron chi connectivity index (χ1n) is 8.62. The molecule has 1 aliphatic heterocycles. The van der Waals surface area contributed by atoms with Gasteiger partial charge in [-0.05, 0) is 17.0 Å². The lowest BCUT2D eigenvalue weighted by Crippen LogP contribution is -2.48. The Morgan fingerprint density at radius 2 is 1.85 bits per heavy atom. The molecular weight excluding hydrogens is 384 g/mol. The second-order valence-electron chi connectivity index (χ2n) is 6.12. The smallest absolute Gasteiger partial charge is 0.349 e. The molecule has 1 saturated heterocycles. The highest BCUT2D eigenvalue weighted by molar-refractivity contribution is 7.89. The molecule has 1 aliphatic rings. The predicted octanol–water partition coefficient (Wildman–Crippen LogP) is 2.55. The number of sulfonamides is 1. The SMILES string of the molecule is COC(=O)c1sccc1S(=O)(=O)N1CCN(C/C=C/c2ccccc2)CC1. The molecule has 1 aromatic heterocycles. The summed E-state index contributed by atoms with van der Waals surface area (Å²) in [5.74, 6) is -0.617. The van der Waals surface area contributed by atoms with Crippen LogP contribution in [-0.2, 0) is 14.8 Å². The van der Waals surface area contributed by atoms with Gasteiger partial charge in [0, 0.05) is 32.7 Å². The number of nitrogens with zero attached hydrogens (tertiary/aromatic N) is 2. The number of esters is 1. The molecule has 0 spiro atoms. The molecule has 2 aromatic rings. The van der Waals surface area contributed by atoms with E-state index >= 15 is 0 Å². The van der Waals surface area contributed by atoms with E-state index in [0.29, 0.717) is 26.2 Å². The Morgan fingerprint density at radius 1 is 1.15 bits per heavy atom. The summed E-state index contributed by atoms with van der Waals surface area (Å²) in [6.07, 6.45) is 4.16. The van der Waals surface area contributed by atoms with Gasteiger partial charge >= 0.3 is 5.97 Å². The van der Waals surface area contributed by atoms with Gasteiger partial charge in [-0.1, -0.05) is 42.5 Å². The Labute approximate surface area is 163 Å². The van der Waals surface area contributed by atoms with E-state index in [4.69, 9.17) is 0 Å². The Bertz CT molecular complexity index is 899. The van der Waals surface area contributed by atoms with Crippen LogP contribution in [0.15, 0.2) is 52.7 Å². The lowest BCUT2D eigenvalue weighted by molar-refractivity contribution is 0.0602. The van der Waals surface area contributed by atoms with Gasteiger partial charge < -0.3 is 4.74 Å². The van der Waals surface area contributed by atoms with Gasteiger partial charge in [-0.3, -0.25) is 4.90 Å². The molecule has 0 unspecified atom stereocenters. The van der Waals surface area contributed by atoms with Crippen LogP contribution >= 0.6 is 11.3 Å². The third kappa shape index (κ3) is 4.65. The molecule has 0 aliphatic carbocycles. The summed E-state index contributed by atoms with van der Waals surface area (Å²) in [5.41, 5.74) is 1.14. The molecule has 0 atom stereocenters. The van der Waals surface area contributed by atoms with Crippen LogP contribution < -0.4 is 0 Å². The number of benzene rings is 1. The van der Waals surface area contributed by atoms with Crippen molar-refractivity contribution in [3.8, 4) is 0 Å². The number of carbonyl (C=O) groups excluding carboxylic acids is 1. The van der Waals surface area contributed by atoms with Gasteiger partial charge in [-0.15, -0.1) is 11.3 Å². The van der Waals surface area contributed by atoms with E-state index in [1.54, 1.807) is 5.38 Å². The third-order valence-corrected chi connectivity index (χ3v) is 7.39. The first-order valence-corrected chi connectivity index (χ1v) is 10.9. The molecule has 0 radical (unpaired) electrons. The summed E-state index contributed by atoms with van der Waals surface area (Å²) in [7, 11) is -2.44. The van der Waals surface area contributed by atoms with Crippen LogP contribution in [0.4, 0.5) is 0 Å². The molecule has 27 heavy (non-hydrogen) atoms. The lowest BCUT2D eigenvalue weighted by atomic mass is 10.2. The largest absolute Gasteiger partial charge is 0.465 e. The van der Waals surface area contributed by atoms with E-state index in [2.05, 4.69) is 21.8 Å². The van der Waals surface area contributed by atoms with E-state index in [1.165, 1.54) is 17.5 Å². The Balaban J connectivity index is 1.59. The summed E-state index contributed by atoms with van der Waals surface area (Å²) in [4.78, 5) is 14.2. The maximum atomic E-state index is 12.9. The van der Waals surface area contributed by atoms with Crippen molar-refractivity contribution < 1.29 is 17.9 Å². The Kier molecular flexibility index (Phi) is 6.43. The zero-order valence-electron chi connectivity index (χ0n) is 15.1. The van der Waals surface area contributed by atoms with Crippen molar-refractivity contribution in [1.82, 2.24) is 9.21 Å². The minimum Gasteiger partial charge on any atom is -0.465 e. The van der Waals surface area contributed by atoms with Crippen LogP contribution in [0.3, 0.4) is 0 Å². The molecule has 3 rings (SSSR count). The van der Waals surface area contributed by atoms with Crippen LogP contribution in [0, 0.1) is 0 Å². The first-order chi connectivity index (χ1) is 13.0. The second kappa shape index (κ2) is 8.79. The molecule has 2 heterocycles. The van der Waals surface area contributed by atoms with Crippen molar-refractivity contribution in [3.05, 3.63) is 58.3 Å². The van der Waals surface area contributed by atoms with Crippen LogP contribution in [0.1, 0.15) is 15.2 Å². The molecule has 8 heteroatoms. The monoisotopic (exact) mass is 406 g/mol. The van der Waals surface area contributed by atoms with Crippen molar-refractivity contribution in [3.63, 3.8) is 0 Å². The van der Waals surface area contributed by atoms with Crippen LogP contribution in [0.5, 0.6) is 0 Å². The number of carbonyl (C=O) groups is 1. The highest BCUT2D eigenvalue weighted by Gasteiger charge is 2.32. The van der Waals surface area contributed by atoms with Crippen molar-refractivity contribution in [2.24, 2.45) is 0 Å². The van der Waals surface area contributed by atoms with Gasteiger partial charge in [-0.25, -0.2) is 13.2 Å². The summed E-state index contributed by atoms with van der Waals surface area (Å²) in [6, 6.07) is 11.5. The average Bonchev–Trinajstić information content (AvgIpc) is 3.19. The summed E-state index contributed by atoms with van der Waals surface area (Å²) >= 11 is 1.08. The molecule has 1 fully saturated rings. The zero-order chi connectivity index (χ0) is 19.3. The maximum absolute atomic E-state index is 12.9. The Morgan fingerprint density at radius 3 is 2.52 bits per heavy atom. The molecule has 0 saturated carbocycles. The van der Waals surface area contributed by atoms with Crippen LogP contribution in [0.25, 0.3) is 6.08 Å².